The molecule has 1 N–H and O–H groups in total. The summed E-state index contributed by atoms with van der Waals surface area (Å²) in [6.07, 6.45) is 10.2. The van der Waals surface area contributed by atoms with Gasteiger partial charge >= 0.3 is 0 Å². The Balaban J connectivity index is 1.18. The molecule has 56 heavy (non-hydrogen) atoms. The maximum Gasteiger partial charge on any atom is 0.0795 e. The molecule has 264 valence electrons. The third kappa shape index (κ3) is 4.93. The first-order valence-electron chi connectivity index (χ1n) is 19.3. The molecule has 2 heterocycles. The van der Waals surface area contributed by atoms with Crippen LogP contribution in [0.25, 0.3) is 76.5 Å². The van der Waals surface area contributed by atoms with Gasteiger partial charge in [-0.1, -0.05) is 140 Å². The topological polar surface area (TPSA) is 46.1 Å². The van der Waals surface area contributed by atoms with Crippen LogP contribution in [-0.4, -0.2) is 21.1 Å². The highest BCUT2D eigenvalue weighted by Gasteiger charge is 2.25. The van der Waals surface area contributed by atoms with Gasteiger partial charge in [0.15, 0.2) is 0 Å². The minimum atomic E-state index is 0.509. The van der Waals surface area contributed by atoms with Crippen molar-refractivity contribution >= 4 is 82.8 Å². The quantitative estimate of drug-likeness (QED) is 0.167. The van der Waals surface area contributed by atoms with Gasteiger partial charge < -0.3 is 9.13 Å². The zero-order valence-electron chi connectivity index (χ0n) is 30.7. The van der Waals surface area contributed by atoms with Gasteiger partial charge in [-0.3, -0.25) is 10.4 Å². The molecule has 0 unspecified atom stereocenters. The molecule has 0 bridgehead atoms. The fourth-order valence-electron chi connectivity index (χ4n) is 8.92. The Hall–Kier alpha value is -7.30. The molecule has 0 saturated heterocycles. The Bertz CT molecular complexity index is 3300. The molecule has 2 aromatic heterocycles. The van der Waals surface area contributed by atoms with Crippen molar-refractivity contribution < 1.29 is 0 Å². The second-order valence-electron chi connectivity index (χ2n) is 14.6. The van der Waals surface area contributed by atoms with Crippen molar-refractivity contribution in [2.45, 2.75) is 12.8 Å². The van der Waals surface area contributed by atoms with Gasteiger partial charge in [-0.15, -0.1) is 0 Å². The maximum atomic E-state index is 8.95. The smallest absolute Gasteiger partial charge is 0.0795 e. The number of hydrogen-bond acceptors (Lipinski definition) is 2. The third-order valence-corrected chi connectivity index (χ3v) is 11.4. The number of benzene rings is 8. The first-order chi connectivity index (χ1) is 27.7. The minimum absolute atomic E-state index is 0.509. The number of fused-ring (bicyclic) bond motifs is 12. The number of allylic oxidation sites excluding steroid dienone is 4. The van der Waals surface area contributed by atoms with Crippen molar-refractivity contribution in [1.82, 2.24) is 9.13 Å². The molecule has 1 aliphatic carbocycles. The van der Waals surface area contributed by atoms with Gasteiger partial charge in [0.05, 0.1) is 33.5 Å². The average molecular weight is 717 g/mol. The highest BCUT2D eigenvalue weighted by molar-refractivity contribution is 6.39. The lowest BCUT2D eigenvalue weighted by molar-refractivity contribution is 1.03. The van der Waals surface area contributed by atoms with Crippen LogP contribution >= 0.6 is 0 Å². The zero-order valence-corrected chi connectivity index (χ0v) is 30.7. The molecule has 0 saturated carbocycles. The lowest BCUT2D eigenvalue weighted by atomic mass is 9.96. The van der Waals surface area contributed by atoms with Crippen LogP contribution in [0.5, 0.6) is 0 Å². The van der Waals surface area contributed by atoms with E-state index in [9.17, 15) is 0 Å². The first kappa shape index (κ1) is 32.2. The minimum Gasteiger partial charge on any atom is -0.307 e. The van der Waals surface area contributed by atoms with E-state index in [1.807, 2.05) is 30.5 Å². The molecule has 4 heteroatoms. The Morgan fingerprint density at radius 3 is 1.96 bits per heavy atom. The van der Waals surface area contributed by atoms with Crippen LogP contribution in [0.4, 0.5) is 5.69 Å². The van der Waals surface area contributed by atoms with E-state index in [1.165, 1.54) is 65.2 Å². The van der Waals surface area contributed by atoms with Crippen LogP contribution in [-0.2, 0) is 0 Å². The maximum absolute atomic E-state index is 8.95. The molecule has 10 aromatic rings. The van der Waals surface area contributed by atoms with E-state index in [2.05, 4.69) is 167 Å². The van der Waals surface area contributed by atoms with E-state index < -0.39 is 0 Å². The van der Waals surface area contributed by atoms with Crippen LogP contribution in [0.3, 0.4) is 0 Å². The predicted octanol–water partition coefficient (Wildman–Crippen LogP) is 13.6. The van der Waals surface area contributed by atoms with Crippen LogP contribution in [0, 0.1) is 5.41 Å². The van der Waals surface area contributed by atoms with Crippen molar-refractivity contribution in [3.63, 3.8) is 0 Å². The van der Waals surface area contributed by atoms with E-state index in [0.29, 0.717) is 5.71 Å². The number of nitrogens with one attached hydrogen (secondary N) is 1. The number of rotatable bonds is 6. The summed E-state index contributed by atoms with van der Waals surface area (Å²) in [6, 6.07) is 58.6. The zero-order chi connectivity index (χ0) is 37.2. The average Bonchev–Trinajstić information content (AvgIpc) is 3.81. The number of hydrogen-bond donors (Lipinski definition) is 1. The second-order valence-corrected chi connectivity index (χ2v) is 14.6. The summed E-state index contributed by atoms with van der Waals surface area (Å²) in [7, 11) is 0. The molecule has 4 nitrogen and oxygen atoms in total. The van der Waals surface area contributed by atoms with Crippen LogP contribution in [0.2, 0.25) is 0 Å². The van der Waals surface area contributed by atoms with Gasteiger partial charge in [0, 0.05) is 44.7 Å². The standard InChI is InChI=1S/C52H36N4/c53-50(36-16-3-1-4-17-36)42-23-11-13-25-44(42)54-33-34-27-30-38(31-28-34)56-46-32-29-35-15-7-8-20-39(35)48(46)49-41-22-10-9-21-40(41)47-43-24-12-14-26-45(43)55(51(47)52(49)56)37-18-5-2-6-19-37/h2-3,5-33,53H,1,4H2/b53-50?,54-33+. The molecule has 11 rings (SSSR count). The molecular weight excluding hydrogens is 681 g/mol. The first-order valence-corrected chi connectivity index (χ1v) is 19.3. The van der Waals surface area contributed by atoms with Crippen molar-refractivity contribution in [3.05, 3.63) is 199 Å². The fourth-order valence-corrected chi connectivity index (χ4v) is 8.92. The summed E-state index contributed by atoms with van der Waals surface area (Å²) in [5, 5.41) is 18.9. The molecule has 1 aliphatic rings. The Kier molecular flexibility index (Phi) is 7.42. The summed E-state index contributed by atoms with van der Waals surface area (Å²) >= 11 is 0. The highest BCUT2D eigenvalue weighted by Crippen LogP contribution is 2.48. The van der Waals surface area contributed by atoms with E-state index in [4.69, 9.17) is 10.4 Å². The molecule has 0 aliphatic heterocycles. The number of aromatic nitrogens is 2. The highest BCUT2D eigenvalue weighted by atomic mass is 15.0. The van der Waals surface area contributed by atoms with Gasteiger partial charge in [0.25, 0.3) is 0 Å². The van der Waals surface area contributed by atoms with Gasteiger partial charge in [0.2, 0.25) is 0 Å². The molecule has 0 atom stereocenters. The molecule has 0 radical (unpaired) electrons. The van der Waals surface area contributed by atoms with Crippen LogP contribution < -0.4 is 0 Å². The van der Waals surface area contributed by atoms with Crippen molar-refractivity contribution in [3.8, 4) is 11.4 Å². The number of para-hydroxylation sites is 3. The van der Waals surface area contributed by atoms with Gasteiger partial charge in [-0.05, 0) is 88.0 Å². The van der Waals surface area contributed by atoms with Crippen molar-refractivity contribution in [2.24, 2.45) is 4.99 Å². The Labute approximate surface area is 324 Å². The van der Waals surface area contributed by atoms with E-state index >= 15 is 0 Å². The SMILES string of the molecule is N=C(C1=CCCC=C1)c1ccccc1/N=C/c1ccc(-n2c3ccc4ccccc4c3c3c4ccccc4c4c5ccccc5n(-c5ccccc5)c4c32)cc1. The lowest BCUT2D eigenvalue weighted by Crippen LogP contribution is -2.03. The van der Waals surface area contributed by atoms with E-state index in [-0.39, 0.29) is 0 Å². The molecule has 0 spiro atoms. The van der Waals surface area contributed by atoms with Gasteiger partial charge in [0.1, 0.15) is 0 Å². The Morgan fingerprint density at radius 2 is 1.16 bits per heavy atom. The van der Waals surface area contributed by atoms with E-state index in [1.54, 1.807) is 0 Å². The van der Waals surface area contributed by atoms with Gasteiger partial charge in [-0.2, -0.15) is 0 Å². The summed E-state index contributed by atoms with van der Waals surface area (Å²) in [5.74, 6) is 0. The van der Waals surface area contributed by atoms with Crippen molar-refractivity contribution in [2.75, 3.05) is 0 Å². The number of aliphatic imine (C=N–C) groups is 1. The summed E-state index contributed by atoms with van der Waals surface area (Å²) < 4.78 is 4.94. The third-order valence-electron chi connectivity index (χ3n) is 11.4. The fraction of sp³-hybridized carbons (Fsp3) is 0.0385. The monoisotopic (exact) mass is 716 g/mol. The second kappa shape index (κ2) is 12.9. The molecular formula is C52H36N4. The van der Waals surface area contributed by atoms with Gasteiger partial charge in [-0.25, -0.2) is 0 Å². The molecule has 8 aromatic carbocycles. The van der Waals surface area contributed by atoms with Crippen LogP contribution in [0.1, 0.15) is 24.0 Å². The number of nitrogens with zero attached hydrogens (tertiary/aromatic N) is 3. The largest absolute Gasteiger partial charge is 0.307 e. The summed E-state index contributed by atoms with van der Waals surface area (Å²) in [6.45, 7) is 0. The van der Waals surface area contributed by atoms with Crippen molar-refractivity contribution in [1.29, 1.82) is 5.41 Å². The van der Waals surface area contributed by atoms with Crippen LogP contribution in [0.15, 0.2) is 193 Å². The summed E-state index contributed by atoms with van der Waals surface area (Å²) in [5.41, 5.74) is 11.0. The molecule has 0 amide bonds. The summed E-state index contributed by atoms with van der Waals surface area (Å²) in [4.78, 5) is 4.94. The predicted molar refractivity (Wildman–Crippen MR) is 237 cm³/mol. The lowest BCUT2D eigenvalue weighted by Gasteiger charge is -2.14. The normalized spacial score (nSPS) is 13.2. The van der Waals surface area contributed by atoms with E-state index in [0.717, 1.165) is 46.6 Å². The Morgan fingerprint density at radius 1 is 0.518 bits per heavy atom. The molecule has 0 fully saturated rings.